The third-order valence-corrected chi connectivity index (χ3v) is 3.84. The maximum absolute atomic E-state index is 11.5. The fraction of sp³-hybridized carbons (Fsp3) is 0.600. The van der Waals surface area contributed by atoms with Crippen molar-refractivity contribution in [2.24, 2.45) is 0 Å². The number of carboxylic acid groups (broad SMARTS) is 2. The van der Waals surface area contributed by atoms with Gasteiger partial charge in [0.2, 0.25) is 0 Å². The standard InChI is InChI=1S/C16H22O4.C4H10O/c1-3-5-7-11-9-10-13(15(17)18)14(16(19)20)12(11)8-6-4-2;1-3-5-4-2/h9-10H,3-8H2,1-2H3,(H,17,18)(H,19,20);3-4H2,1-2H3. The Bertz CT molecular complexity index is 535. The number of rotatable bonds is 10. The first kappa shape index (κ1) is 23.1. The SMILES string of the molecule is CCCCc1ccc(C(=O)O)c(C(=O)O)c1CCCC.CCOCC. The molecule has 0 saturated carbocycles. The molecule has 0 heterocycles. The number of unbranched alkanes of at least 4 members (excludes halogenated alkanes) is 2. The van der Waals surface area contributed by atoms with E-state index in [1.54, 1.807) is 6.07 Å². The van der Waals surface area contributed by atoms with Crippen LogP contribution in [-0.4, -0.2) is 35.4 Å². The lowest BCUT2D eigenvalue weighted by Gasteiger charge is -2.14. The lowest BCUT2D eigenvalue weighted by Crippen LogP contribution is -2.14. The van der Waals surface area contributed by atoms with Gasteiger partial charge in [-0.25, -0.2) is 9.59 Å². The minimum Gasteiger partial charge on any atom is -0.478 e. The Morgan fingerprint density at radius 1 is 0.880 bits per heavy atom. The van der Waals surface area contributed by atoms with E-state index < -0.39 is 11.9 Å². The normalized spacial score (nSPS) is 10.1. The van der Waals surface area contributed by atoms with Crippen molar-refractivity contribution in [1.29, 1.82) is 0 Å². The summed E-state index contributed by atoms with van der Waals surface area (Å²) >= 11 is 0. The van der Waals surface area contributed by atoms with Gasteiger partial charge in [0.15, 0.2) is 0 Å². The molecule has 5 heteroatoms. The molecule has 0 fully saturated rings. The molecule has 0 spiro atoms. The second-order valence-corrected chi connectivity index (χ2v) is 5.72. The van der Waals surface area contributed by atoms with Crippen molar-refractivity contribution in [2.45, 2.75) is 66.2 Å². The van der Waals surface area contributed by atoms with E-state index in [1.165, 1.54) is 6.07 Å². The van der Waals surface area contributed by atoms with Crippen LogP contribution in [0.3, 0.4) is 0 Å². The van der Waals surface area contributed by atoms with Crippen LogP contribution >= 0.6 is 0 Å². The van der Waals surface area contributed by atoms with Gasteiger partial charge in [0.1, 0.15) is 0 Å². The van der Waals surface area contributed by atoms with Crippen LogP contribution in [0.2, 0.25) is 0 Å². The van der Waals surface area contributed by atoms with Crippen molar-refractivity contribution in [1.82, 2.24) is 0 Å². The molecular formula is C20H32O5. The average Bonchev–Trinajstić information content (AvgIpc) is 2.58. The van der Waals surface area contributed by atoms with Crippen LogP contribution in [0.1, 0.15) is 85.2 Å². The fourth-order valence-corrected chi connectivity index (χ4v) is 2.56. The molecule has 0 amide bonds. The summed E-state index contributed by atoms with van der Waals surface area (Å²) < 4.78 is 4.83. The number of aryl methyl sites for hydroxylation is 1. The van der Waals surface area contributed by atoms with Crippen LogP contribution < -0.4 is 0 Å². The molecule has 0 bridgehead atoms. The summed E-state index contributed by atoms with van der Waals surface area (Å²) in [6, 6.07) is 3.20. The monoisotopic (exact) mass is 352 g/mol. The molecule has 2 N–H and O–H groups in total. The fourth-order valence-electron chi connectivity index (χ4n) is 2.56. The Morgan fingerprint density at radius 3 is 1.84 bits per heavy atom. The van der Waals surface area contributed by atoms with Gasteiger partial charge in [-0.1, -0.05) is 32.8 Å². The minimum atomic E-state index is -1.18. The van der Waals surface area contributed by atoms with E-state index in [0.29, 0.717) is 12.0 Å². The van der Waals surface area contributed by atoms with Crippen LogP contribution in [0.5, 0.6) is 0 Å². The van der Waals surface area contributed by atoms with Gasteiger partial charge in [0.05, 0.1) is 11.1 Å². The van der Waals surface area contributed by atoms with Gasteiger partial charge < -0.3 is 14.9 Å². The van der Waals surface area contributed by atoms with Crippen molar-refractivity contribution in [3.8, 4) is 0 Å². The van der Waals surface area contributed by atoms with Crippen LogP contribution in [0.15, 0.2) is 12.1 Å². The maximum Gasteiger partial charge on any atom is 0.336 e. The first-order valence-corrected chi connectivity index (χ1v) is 9.13. The summed E-state index contributed by atoms with van der Waals surface area (Å²) in [5, 5.41) is 18.5. The third kappa shape index (κ3) is 8.16. The average molecular weight is 352 g/mol. The largest absolute Gasteiger partial charge is 0.478 e. The molecule has 0 aromatic heterocycles. The lowest BCUT2D eigenvalue weighted by atomic mass is 9.90. The van der Waals surface area contributed by atoms with Crippen molar-refractivity contribution >= 4 is 11.9 Å². The molecule has 0 aliphatic rings. The van der Waals surface area contributed by atoms with E-state index in [9.17, 15) is 14.7 Å². The quantitative estimate of drug-likeness (QED) is 0.631. The van der Waals surface area contributed by atoms with Gasteiger partial charge in [-0.15, -0.1) is 0 Å². The van der Waals surface area contributed by atoms with E-state index in [2.05, 4.69) is 6.92 Å². The molecule has 0 radical (unpaired) electrons. The Hall–Kier alpha value is -1.88. The van der Waals surface area contributed by atoms with Gasteiger partial charge in [0, 0.05) is 13.2 Å². The molecule has 0 atom stereocenters. The van der Waals surface area contributed by atoms with Gasteiger partial charge in [-0.2, -0.15) is 0 Å². The summed E-state index contributed by atoms with van der Waals surface area (Å²) in [6.45, 7) is 9.78. The highest BCUT2D eigenvalue weighted by Crippen LogP contribution is 2.24. The van der Waals surface area contributed by atoms with E-state index in [0.717, 1.165) is 50.9 Å². The van der Waals surface area contributed by atoms with Gasteiger partial charge in [-0.05, 0) is 56.7 Å². The predicted molar refractivity (Wildman–Crippen MR) is 99.8 cm³/mol. The summed E-state index contributed by atoms with van der Waals surface area (Å²) in [5.41, 5.74) is 1.54. The Kier molecular flexibility index (Phi) is 12.4. The number of aromatic carboxylic acids is 2. The second-order valence-electron chi connectivity index (χ2n) is 5.72. The number of hydrogen-bond donors (Lipinski definition) is 2. The van der Waals surface area contributed by atoms with Crippen LogP contribution in [-0.2, 0) is 17.6 Å². The maximum atomic E-state index is 11.5. The molecule has 0 saturated heterocycles. The molecule has 1 aromatic rings. The molecule has 25 heavy (non-hydrogen) atoms. The van der Waals surface area contributed by atoms with E-state index in [4.69, 9.17) is 9.84 Å². The summed E-state index contributed by atoms with van der Waals surface area (Å²) in [4.78, 5) is 22.7. The summed E-state index contributed by atoms with van der Waals surface area (Å²) in [6.07, 6.45) is 5.24. The molecule has 0 aliphatic carbocycles. The third-order valence-electron chi connectivity index (χ3n) is 3.84. The number of ether oxygens (including phenoxy) is 1. The number of hydrogen-bond acceptors (Lipinski definition) is 3. The molecule has 1 aromatic carbocycles. The van der Waals surface area contributed by atoms with E-state index in [-0.39, 0.29) is 11.1 Å². The summed E-state index contributed by atoms with van der Waals surface area (Å²) in [5.74, 6) is -2.32. The Labute approximate surface area is 151 Å². The van der Waals surface area contributed by atoms with Crippen molar-refractivity contribution in [3.05, 3.63) is 34.4 Å². The smallest absolute Gasteiger partial charge is 0.336 e. The highest BCUT2D eigenvalue weighted by Gasteiger charge is 2.22. The predicted octanol–water partition coefficient (Wildman–Crippen LogP) is 4.81. The minimum absolute atomic E-state index is 0.0282. The molecule has 0 aliphatic heterocycles. The van der Waals surface area contributed by atoms with Crippen molar-refractivity contribution < 1.29 is 24.5 Å². The van der Waals surface area contributed by atoms with E-state index >= 15 is 0 Å². The highest BCUT2D eigenvalue weighted by molar-refractivity contribution is 6.03. The molecule has 142 valence electrons. The van der Waals surface area contributed by atoms with Gasteiger partial charge in [-0.3, -0.25) is 0 Å². The lowest BCUT2D eigenvalue weighted by molar-refractivity contribution is 0.0650. The van der Waals surface area contributed by atoms with Gasteiger partial charge >= 0.3 is 11.9 Å². The second kappa shape index (κ2) is 13.4. The number of carbonyl (C=O) groups is 2. The first-order chi connectivity index (χ1) is 11.9. The van der Waals surface area contributed by atoms with Gasteiger partial charge in [0.25, 0.3) is 0 Å². The molecule has 0 unspecified atom stereocenters. The zero-order valence-corrected chi connectivity index (χ0v) is 15.9. The van der Waals surface area contributed by atoms with Crippen molar-refractivity contribution in [2.75, 3.05) is 13.2 Å². The van der Waals surface area contributed by atoms with Crippen LogP contribution in [0.4, 0.5) is 0 Å². The molecule has 1 rings (SSSR count). The van der Waals surface area contributed by atoms with E-state index in [1.807, 2.05) is 20.8 Å². The first-order valence-electron chi connectivity index (χ1n) is 9.13. The zero-order valence-electron chi connectivity index (χ0n) is 15.9. The molecular weight excluding hydrogens is 320 g/mol. The Balaban J connectivity index is 0.00000101. The van der Waals surface area contributed by atoms with Crippen molar-refractivity contribution in [3.63, 3.8) is 0 Å². The summed E-state index contributed by atoms with van der Waals surface area (Å²) in [7, 11) is 0. The highest BCUT2D eigenvalue weighted by atomic mass is 16.5. The number of carboxylic acids is 2. The van der Waals surface area contributed by atoms with Crippen LogP contribution in [0, 0.1) is 0 Å². The zero-order chi connectivity index (χ0) is 19.2. The Morgan fingerprint density at radius 2 is 1.44 bits per heavy atom. The molecule has 5 nitrogen and oxygen atoms in total. The van der Waals surface area contributed by atoms with Crippen LogP contribution in [0.25, 0.3) is 0 Å². The number of benzene rings is 1. The topological polar surface area (TPSA) is 83.8 Å².